The first-order chi connectivity index (χ1) is 9.70. The van der Waals surface area contributed by atoms with Crippen molar-refractivity contribution in [3.05, 3.63) is 0 Å². The van der Waals surface area contributed by atoms with Gasteiger partial charge >= 0.3 is 5.97 Å². The molecule has 2 unspecified atom stereocenters. The molecule has 2 aliphatic carbocycles. The second-order valence-corrected chi connectivity index (χ2v) is 7.19. The predicted octanol–water partition coefficient (Wildman–Crippen LogP) is 1.95. The Morgan fingerprint density at radius 2 is 1.85 bits per heavy atom. The van der Waals surface area contributed by atoms with Crippen molar-refractivity contribution in [3.8, 4) is 0 Å². The minimum Gasteiger partial charge on any atom is -0.481 e. The van der Waals surface area contributed by atoms with Gasteiger partial charge in [0.1, 0.15) is 0 Å². The number of hydrogen-bond acceptors (Lipinski definition) is 3. The molecule has 2 atom stereocenters. The smallest absolute Gasteiger partial charge is 0.307 e. The number of nitrogens with zero attached hydrogens (tertiary/aromatic N) is 1. The summed E-state index contributed by atoms with van der Waals surface area (Å²) in [5.41, 5.74) is 0. The van der Waals surface area contributed by atoms with E-state index < -0.39 is 5.97 Å². The van der Waals surface area contributed by atoms with Gasteiger partial charge in [-0.15, -0.1) is 0 Å². The Balaban J connectivity index is 1.49. The van der Waals surface area contributed by atoms with Crippen LogP contribution in [-0.4, -0.2) is 48.2 Å². The van der Waals surface area contributed by atoms with Gasteiger partial charge in [-0.05, 0) is 50.5 Å². The summed E-state index contributed by atoms with van der Waals surface area (Å²) in [5.74, 6) is 0.886. The van der Waals surface area contributed by atoms with Crippen LogP contribution in [0.4, 0.5) is 0 Å². The molecule has 0 aromatic heterocycles. The SMILES string of the molecule is O=C(O)C1CC(NCC2CCCC2)CN(CC2CC2)C1. The first-order valence-electron chi connectivity index (χ1n) is 8.39. The lowest BCUT2D eigenvalue weighted by molar-refractivity contribution is -0.144. The lowest BCUT2D eigenvalue weighted by atomic mass is 9.93. The Hall–Kier alpha value is -0.610. The molecule has 1 heterocycles. The molecule has 3 rings (SSSR count). The lowest BCUT2D eigenvalue weighted by Crippen LogP contribution is -2.52. The highest BCUT2D eigenvalue weighted by Crippen LogP contribution is 2.31. The molecule has 0 aromatic carbocycles. The van der Waals surface area contributed by atoms with Crippen molar-refractivity contribution in [3.63, 3.8) is 0 Å². The minimum absolute atomic E-state index is 0.177. The molecule has 1 aliphatic heterocycles. The first-order valence-corrected chi connectivity index (χ1v) is 8.39. The second-order valence-electron chi connectivity index (χ2n) is 7.19. The zero-order chi connectivity index (χ0) is 13.9. The number of hydrogen-bond donors (Lipinski definition) is 2. The summed E-state index contributed by atoms with van der Waals surface area (Å²) < 4.78 is 0. The van der Waals surface area contributed by atoms with Crippen LogP contribution in [-0.2, 0) is 4.79 Å². The van der Waals surface area contributed by atoms with Gasteiger partial charge in [0.25, 0.3) is 0 Å². The molecule has 0 aromatic rings. The average molecular weight is 280 g/mol. The molecule has 20 heavy (non-hydrogen) atoms. The molecule has 3 aliphatic rings. The Kier molecular flexibility index (Phi) is 4.61. The topological polar surface area (TPSA) is 52.6 Å². The predicted molar refractivity (Wildman–Crippen MR) is 78.7 cm³/mol. The molecule has 3 fully saturated rings. The van der Waals surface area contributed by atoms with Crippen molar-refractivity contribution < 1.29 is 9.90 Å². The second kappa shape index (κ2) is 6.44. The minimum atomic E-state index is -0.613. The normalized spacial score (nSPS) is 32.6. The van der Waals surface area contributed by atoms with Gasteiger partial charge in [-0.25, -0.2) is 0 Å². The van der Waals surface area contributed by atoms with Gasteiger partial charge in [-0.1, -0.05) is 12.8 Å². The van der Waals surface area contributed by atoms with Gasteiger partial charge in [0.2, 0.25) is 0 Å². The highest BCUT2D eigenvalue weighted by atomic mass is 16.4. The highest BCUT2D eigenvalue weighted by molar-refractivity contribution is 5.70. The molecule has 2 saturated carbocycles. The summed E-state index contributed by atoms with van der Waals surface area (Å²) in [5, 5.41) is 13.0. The summed E-state index contributed by atoms with van der Waals surface area (Å²) in [6.07, 6.45) is 8.96. The number of nitrogens with one attached hydrogen (secondary N) is 1. The van der Waals surface area contributed by atoms with E-state index in [-0.39, 0.29) is 5.92 Å². The standard InChI is InChI=1S/C16H28N2O2/c19-16(20)14-7-15(17-8-12-3-1-2-4-12)11-18(10-14)9-13-5-6-13/h12-15,17H,1-11H2,(H,19,20). The van der Waals surface area contributed by atoms with Crippen LogP contribution in [0.1, 0.15) is 44.9 Å². The van der Waals surface area contributed by atoms with Gasteiger partial charge in [-0.3, -0.25) is 4.79 Å². The Labute approximate surface area is 121 Å². The van der Waals surface area contributed by atoms with Gasteiger partial charge in [0, 0.05) is 25.7 Å². The fraction of sp³-hybridized carbons (Fsp3) is 0.938. The van der Waals surface area contributed by atoms with E-state index in [0.717, 1.165) is 44.4 Å². The molecule has 114 valence electrons. The van der Waals surface area contributed by atoms with Gasteiger partial charge < -0.3 is 15.3 Å². The fourth-order valence-corrected chi connectivity index (χ4v) is 3.88. The molecular weight excluding hydrogens is 252 g/mol. The number of likely N-dealkylation sites (tertiary alicyclic amines) is 1. The number of carboxylic acid groups (broad SMARTS) is 1. The Morgan fingerprint density at radius 1 is 1.10 bits per heavy atom. The van der Waals surface area contributed by atoms with Crippen LogP contribution in [0.15, 0.2) is 0 Å². The molecule has 0 amide bonds. The van der Waals surface area contributed by atoms with Crippen LogP contribution in [0.2, 0.25) is 0 Å². The fourth-order valence-electron chi connectivity index (χ4n) is 3.88. The van der Waals surface area contributed by atoms with E-state index in [9.17, 15) is 9.90 Å². The third-order valence-electron chi connectivity index (χ3n) is 5.26. The zero-order valence-corrected chi connectivity index (χ0v) is 12.4. The first kappa shape index (κ1) is 14.3. The van der Waals surface area contributed by atoms with E-state index in [4.69, 9.17) is 0 Å². The summed E-state index contributed by atoms with van der Waals surface area (Å²) in [6, 6.07) is 0.379. The number of carbonyl (C=O) groups is 1. The molecule has 0 bridgehead atoms. The maximum Gasteiger partial charge on any atom is 0.307 e. The van der Waals surface area contributed by atoms with Crippen LogP contribution < -0.4 is 5.32 Å². The van der Waals surface area contributed by atoms with Gasteiger partial charge in [-0.2, -0.15) is 0 Å². The molecule has 4 nitrogen and oxygen atoms in total. The maximum absolute atomic E-state index is 11.4. The highest BCUT2D eigenvalue weighted by Gasteiger charge is 2.34. The van der Waals surface area contributed by atoms with Crippen molar-refractivity contribution >= 4 is 5.97 Å². The van der Waals surface area contributed by atoms with E-state index in [0.29, 0.717) is 6.04 Å². The van der Waals surface area contributed by atoms with Gasteiger partial charge in [0.15, 0.2) is 0 Å². The van der Waals surface area contributed by atoms with Gasteiger partial charge in [0.05, 0.1) is 5.92 Å². The van der Waals surface area contributed by atoms with E-state index in [2.05, 4.69) is 10.2 Å². The number of aliphatic carboxylic acids is 1. The zero-order valence-electron chi connectivity index (χ0n) is 12.4. The van der Waals surface area contributed by atoms with Crippen molar-refractivity contribution in [2.45, 2.75) is 51.0 Å². The van der Waals surface area contributed by atoms with Crippen LogP contribution in [0.25, 0.3) is 0 Å². The third-order valence-corrected chi connectivity index (χ3v) is 5.26. The Bertz CT molecular complexity index is 337. The van der Waals surface area contributed by atoms with Crippen LogP contribution in [0.3, 0.4) is 0 Å². The van der Waals surface area contributed by atoms with Crippen molar-refractivity contribution in [1.82, 2.24) is 10.2 Å². The molecule has 0 spiro atoms. The van der Waals surface area contributed by atoms with E-state index in [1.54, 1.807) is 0 Å². The molecule has 2 N–H and O–H groups in total. The van der Waals surface area contributed by atoms with Crippen LogP contribution >= 0.6 is 0 Å². The summed E-state index contributed by atoms with van der Waals surface area (Å²) >= 11 is 0. The summed E-state index contributed by atoms with van der Waals surface area (Å²) in [7, 11) is 0. The number of carboxylic acids is 1. The largest absolute Gasteiger partial charge is 0.481 e. The monoisotopic (exact) mass is 280 g/mol. The van der Waals surface area contributed by atoms with Crippen LogP contribution in [0.5, 0.6) is 0 Å². The number of rotatable bonds is 6. The maximum atomic E-state index is 11.4. The summed E-state index contributed by atoms with van der Waals surface area (Å²) in [4.78, 5) is 13.7. The number of piperidine rings is 1. The third kappa shape index (κ3) is 3.95. The van der Waals surface area contributed by atoms with Crippen molar-refractivity contribution in [1.29, 1.82) is 0 Å². The lowest BCUT2D eigenvalue weighted by Gasteiger charge is -2.37. The van der Waals surface area contributed by atoms with Crippen molar-refractivity contribution in [2.24, 2.45) is 17.8 Å². The molecule has 0 radical (unpaired) electrons. The van der Waals surface area contributed by atoms with E-state index in [1.165, 1.54) is 38.5 Å². The van der Waals surface area contributed by atoms with Crippen LogP contribution in [0, 0.1) is 17.8 Å². The van der Waals surface area contributed by atoms with E-state index >= 15 is 0 Å². The molecule has 1 saturated heterocycles. The van der Waals surface area contributed by atoms with Crippen molar-refractivity contribution in [2.75, 3.05) is 26.2 Å². The molecule has 4 heteroatoms. The molecular formula is C16H28N2O2. The average Bonchev–Trinajstić information content (AvgIpc) is 3.08. The summed E-state index contributed by atoms with van der Waals surface area (Å²) in [6.45, 7) is 4.01. The Morgan fingerprint density at radius 3 is 2.50 bits per heavy atom. The van der Waals surface area contributed by atoms with E-state index in [1.807, 2.05) is 0 Å². The quantitative estimate of drug-likeness (QED) is 0.781.